The summed E-state index contributed by atoms with van der Waals surface area (Å²) in [6.45, 7) is 1.25. The van der Waals surface area contributed by atoms with E-state index in [4.69, 9.17) is 18.9 Å². The van der Waals surface area contributed by atoms with E-state index in [1.54, 1.807) is 12.1 Å². The van der Waals surface area contributed by atoms with E-state index >= 15 is 0 Å². The van der Waals surface area contributed by atoms with Crippen molar-refractivity contribution in [2.75, 3.05) is 34.5 Å². The molecule has 3 rings (SSSR count). The minimum atomic E-state index is -0.290. The van der Waals surface area contributed by atoms with Gasteiger partial charge in [-0.15, -0.1) is 10.2 Å². The number of aromatic nitrogens is 2. The molecule has 134 valence electrons. The van der Waals surface area contributed by atoms with E-state index in [9.17, 15) is 4.79 Å². The Morgan fingerprint density at radius 2 is 1.96 bits per heavy atom. The van der Waals surface area contributed by atoms with Crippen molar-refractivity contribution in [2.24, 2.45) is 0 Å². The van der Waals surface area contributed by atoms with Crippen molar-refractivity contribution < 1.29 is 23.7 Å². The highest BCUT2D eigenvalue weighted by atomic mass is 16.5. The molecule has 1 amide bonds. The Morgan fingerprint density at radius 1 is 1.16 bits per heavy atom. The minimum Gasteiger partial charge on any atom is -0.493 e. The Labute approximate surface area is 145 Å². The first-order chi connectivity index (χ1) is 12.2. The van der Waals surface area contributed by atoms with Gasteiger partial charge in [-0.05, 0) is 18.9 Å². The Bertz CT molecular complexity index is 774. The average molecular weight is 347 g/mol. The number of nitrogens with one attached hydrogen (secondary N) is 1. The number of hydrogen-bond donors (Lipinski definition) is 1. The van der Waals surface area contributed by atoms with Crippen molar-refractivity contribution in [3.63, 3.8) is 0 Å². The van der Waals surface area contributed by atoms with Crippen molar-refractivity contribution in [2.45, 2.75) is 18.9 Å². The monoisotopic (exact) mass is 347 g/mol. The molecule has 0 saturated carbocycles. The first-order valence-electron chi connectivity index (χ1n) is 8.03. The maximum Gasteiger partial charge on any atom is 0.272 e. The fourth-order valence-corrected chi connectivity index (χ4v) is 2.89. The van der Waals surface area contributed by atoms with Crippen LogP contribution in [0.25, 0.3) is 10.9 Å². The number of hydrogen-bond acceptors (Lipinski definition) is 7. The van der Waals surface area contributed by atoms with Crippen LogP contribution in [0.1, 0.15) is 23.3 Å². The Balaban J connectivity index is 1.96. The lowest BCUT2D eigenvalue weighted by Crippen LogP contribution is -2.40. The number of nitrogens with zero attached hydrogens (tertiary/aromatic N) is 2. The molecule has 1 atom stereocenters. The van der Waals surface area contributed by atoms with Crippen LogP contribution in [0.4, 0.5) is 0 Å². The lowest BCUT2D eigenvalue weighted by Gasteiger charge is -2.22. The van der Waals surface area contributed by atoms with Gasteiger partial charge in [-0.1, -0.05) is 0 Å². The molecule has 1 fully saturated rings. The molecule has 0 spiro atoms. The second-order valence-corrected chi connectivity index (χ2v) is 5.70. The highest BCUT2D eigenvalue weighted by Gasteiger charge is 2.21. The molecule has 2 heterocycles. The maximum absolute atomic E-state index is 12.5. The van der Waals surface area contributed by atoms with Crippen LogP contribution in [0.3, 0.4) is 0 Å². The van der Waals surface area contributed by atoms with Crippen molar-refractivity contribution in [3.05, 3.63) is 17.8 Å². The van der Waals surface area contributed by atoms with Gasteiger partial charge in [0.1, 0.15) is 5.52 Å². The first kappa shape index (κ1) is 17.2. The van der Waals surface area contributed by atoms with Gasteiger partial charge in [0.25, 0.3) is 5.91 Å². The third-order valence-electron chi connectivity index (χ3n) is 4.12. The topological polar surface area (TPSA) is 91.8 Å². The molecule has 8 heteroatoms. The van der Waals surface area contributed by atoms with Crippen molar-refractivity contribution in [3.8, 4) is 17.2 Å². The first-order valence-corrected chi connectivity index (χ1v) is 8.03. The van der Waals surface area contributed by atoms with Gasteiger partial charge in [0.2, 0.25) is 5.75 Å². The van der Waals surface area contributed by atoms with Gasteiger partial charge in [-0.2, -0.15) is 0 Å². The molecule has 8 nitrogen and oxygen atoms in total. The molecule has 0 aliphatic carbocycles. The summed E-state index contributed by atoms with van der Waals surface area (Å²) in [5.41, 5.74) is 0.760. The van der Waals surface area contributed by atoms with Crippen molar-refractivity contribution >= 4 is 16.8 Å². The number of fused-ring (bicyclic) bond motifs is 1. The van der Waals surface area contributed by atoms with Gasteiger partial charge in [0, 0.05) is 12.7 Å². The van der Waals surface area contributed by atoms with E-state index in [2.05, 4.69) is 15.5 Å². The van der Waals surface area contributed by atoms with Crippen LogP contribution in [0.5, 0.6) is 17.2 Å². The lowest BCUT2D eigenvalue weighted by molar-refractivity contribution is 0.0621. The van der Waals surface area contributed by atoms with Crippen LogP contribution in [-0.2, 0) is 4.74 Å². The Hall–Kier alpha value is -2.61. The second kappa shape index (κ2) is 7.52. The summed E-state index contributed by atoms with van der Waals surface area (Å²) in [4.78, 5) is 12.5. The standard InChI is InChI=1S/C17H21N3O5/c1-22-14-8-12-11(15(23-2)16(14)24-3)7-13(20-19-12)17(21)18-10-5-4-6-25-9-10/h7-8,10H,4-6,9H2,1-3H3,(H,18,21)/t10-/m0/s1. The summed E-state index contributed by atoms with van der Waals surface area (Å²) in [7, 11) is 4.58. The zero-order chi connectivity index (χ0) is 17.8. The number of carbonyl (C=O) groups is 1. The summed E-state index contributed by atoms with van der Waals surface area (Å²) in [5, 5.41) is 11.7. The average Bonchev–Trinajstić information content (AvgIpc) is 2.66. The summed E-state index contributed by atoms with van der Waals surface area (Å²) < 4.78 is 21.5. The highest BCUT2D eigenvalue weighted by Crippen LogP contribution is 2.42. The number of benzene rings is 1. The zero-order valence-corrected chi connectivity index (χ0v) is 14.5. The molecule has 25 heavy (non-hydrogen) atoms. The van der Waals surface area contributed by atoms with E-state index in [1.165, 1.54) is 21.3 Å². The van der Waals surface area contributed by atoms with E-state index in [1.807, 2.05) is 0 Å². The fraction of sp³-hybridized carbons (Fsp3) is 0.471. The number of carbonyl (C=O) groups excluding carboxylic acids is 1. The van der Waals surface area contributed by atoms with Crippen LogP contribution in [0, 0.1) is 0 Å². The third-order valence-corrected chi connectivity index (χ3v) is 4.12. The van der Waals surface area contributed by atoms with E-state index < -0.39 is 0 Å². The molecular formula is C17H21N3O5. The van der Waals surface area contributed by atoms with E-state index in [0.29, 0.717) is 34.8 Å². The Kier molecular flexibility index (Phi) is 5.18. The molecule has 0 radical (unpaired) electrons. The molecule has 1 aromatic heterocycles. The van der Waals surface area contributed by atoms with Gasteiger partial charge in [-0.25, -0.2) is 0 Å². The van der Waals surface area contributed by atoms with Crippen LogP contribution < -0.4 is 19.5 Å². The minimum absolute atomic E-state index is 0.00829. The predicted molar refractivity (Wildman–Crippen MR) is 90.5 cm³/mol. The maximum atomic E-state index is 12.5. The zero-order valence-electron chi connectivity index (χ0n) is 14.5. The second-order valence-electron chi connectivity index (χ2n) is 5.70. The number of amides is 1. The van der Waals surface area contributed by atoms with Crippen LogP contribution in [0.15, 0.2) is 12.1 Å². The van der Waals surface area contributed by atoms with Crippen LogP contribution in [0.2, 0.25) is 0 Å². The van der Waals surface area contributed by atoms with E-state index in [0.717, 1.165) is 19.4 Å². The number of methoxy groups -OCH3 is 3. The van der Waals surface area contributed by atoms with Crippen molar-refractivity contribution in [1.29, 1.82) is 0 Å². The third kappa shape index (κ3) is 3.43. The predicted octanol–water partition coefficient (Wildman–Crippen LogP) is 1.56. The van der Waals surface area contributed by atoms with Gasteiger partial charge >= 0.3 is 0 Å². The SMILES string of the molecule is COc1cc2nnc(C(=O)N[C@H]3CCCOC3)cc2c(OC)c1OC. The molecular weight excluding hydrogens is 326 g/mol. The number of rotatable bonds is 5. The summed E-state index contributed by atoms with van der Waals surface area (Å²) >= 11 is 0. The normalized spacial score (nSPS) is 17.2. The molecule has 1 aromatic carbocycles. The van der Waals surface area contributed by atoms with Gasteiger partial charge in [0.05, 0.1) is 39.4 Å². The molecule has 0 bridgehead atoms. The van der Waals surface area contributed by atoms with E-state index in [-0.39, 0.29) is 17.6 Å². The van der Waals surface area contributed by atoms with Crippen LogP contribution >= 0.6 is 0 Å². The molecule has 2 aromatic rings. The highest BCUT2D eigenvalue weighted by molar-refractivity contribution is 5.98. The summed E-state index contributed by atoms with van der Waals surface area (Å²) in [6, 6.07) is 3.33. The van der Waals surface area contributed by atoms with Gasteiger partial charge in [0.15, 0.2) is 17.2 Å². The Morgan fingerprint density at radius 3 is 2.60 bits per heavy atom. The van der Waals surface area contributed by atoms with Crippen LogP contribution in [-0.4, -0.2) is 56.7 Å². The smallest absolute Gasteiger partial charge is 0.272 e. The molecule has 1 aliphatic rings. The molecule has 1 aliphatic heterocycles. The van der Waals surface area contributed by atoms with Crippen molar-refractivity contribution in [1.82, 2.24) is 15.5 Å². The molecule has 1 N–H and O–H groups in total. The fourth-order valence-electron chi connectivity index (χ4n) is 2.89. The molecule has 0 unspecified atom stereocenters. The quantitative estimate of drug-likeness (QED) is 0.877. The van der Waals surface area contributed by atoms with Gasteiger partial charge < -0.3 is 24.3 Å². The van der Waals surface area contributed by atoms with Gasteiger partial charge in [-0.3, -0.25) is 4.79 Å². The largest absolute Gasteiger partial charge is 0.493 e. The number of ether oxygens (including phenoxy) is 4. The summed E-state index contributed by atoms with van der Waals surface area (Å²) in [6.07, 6.45) is 1.82. The lowest BCUT2D eigenvalue weighted by atomic mass is 10.1. The summed E-state index contributed by atoms with van der Waals surface area (Å²) in [5.74, 6) is 1.08. The molecule has 1 saturated heterocycles.